The number of aromatic nitrogens is 2. The Labute approximate surface area is 181 Å². The van der Waals surface area contributed by atoms with Gasteiger partial charge in [-0.2, -0.15) is 0 Å². The molecule has 0 aliphatic heterocycles. The van der Waals surface area contributed by atoms with Crippen molar-refractivity contribution in [3.63, 3.8) is 0 Å². The molecule has 0 bridgehead atoms. The van der Waals surface area contributed by atoms with Crippen LogP contribution in [0.2, 0.25) is 0 Å². The van der Waals surface area contributed by atoms with Crippen LogP contribution in [0.5, 0.6) is 5.75 Å². The second-order valence-electron chi connectivity index (χ2n) is 6.91. The molecule has 31 heavy (non-hydrogen) atoms. The summed E-state index contributed by atoms with van der Waals surface area (Å²) >= 11 is 0. The molecule has 0 saturated heterocycles. The van der Waals surface area contributed by atoms with Crippen LogP contribution in [0.1, 0.15) is 28.5 Å². The van der Waals surface area contributed by atoms with Gasteiger partial charge in [-0.25, -0.2) is 4.98 Å². The van der Waals surface area contributed by atoms with Crippen LogP contribution in [0.3, 0.4) is 0 Å². The van der Waals surface area contributed by atoms with Crippen molar-refractivity contribution in [1.29, 1.82) is 0 Å². The Morgan fingerprint density at radius 1 is 1.26 bits per heavy atom. The Kier molecular flexibility index (Phi) is 7.23. The SMILES string of the molecule is C=CCc1ccccc1OCC#CCNC(=O)c1cn(CC)c2nc(C)ccc2c1=O. The number of fused-ring (bicyclic) bond motifs is 1. The number of rotatable bonds is 7. The van der Waals surface area contributed by atoms with Crippen molar-refractivity contribution in [2.75, 3.05) is 13.2 Å². The molecule has 1 aromatic carbocycles. The largest absolute Gasteiger partial charge is 0.481 e. The number of allylic oxidation sites excluding steroid dienone is 1. The third kappa shape index (κ3) is 5.20. The predicted molar refractivity (Wildman–Crippen MR) is 122 cm³/mol. The number of carbonyl (C=O) groups is 1. The van der Waals surface area contributed by atoms with E-state index in [9.17, 15) is 9.59 Å². The summed E-state index contributed by atoms with van der Waals surface area (Å²) in [6.45, 7) is 8.47. The fourth-order valence-corrected chi connectivity index (χ4v) is 3.18. The standard InChI is InChI=1S/C25H25N3O3/c1-4-10-19-11-6-7-12-22(19)31-16-9-8-15-26-25(30)21-17-28(5-2)24-20(23(21)29)14-13-18(3)27-24/h4,6-7,11-14,17H,1,5,10,15-16H2,2-3H3,(H,26,30). The summed E-state index contributed by atoms with van der Waals surface area (Å²) in [6, 6.07) is 11.2. The van der Waals surface area contributed by atoms with Gasteiger partial charge in [-0.15, -0.1) is 6.58 Å². The number of carbonyl (C=O) groups excluding carboxylic acids is 1. The number of para-hydroxylation sites is 1. The van der Waals surface area contributed by atoms with Gasteiger partial charge in [-0.1, -0.05) is 36.1 Å². The summed E-state index contributed by atoms with van der Waals surface area (Å²) in [5, 5.41) is 3.11. The fourth-order valence-electron chi connectivity index (χ4n) is 3.18. The van der Waals surface area contributed by atoms with Crippen LogP contribution < -0.4 is 15.5 Å². The molecule has 0 aliphatic carbocycles. The number of hydrogen-bond acceptors (Lipinski definition) is 4. The number of ether oxygens (including phenoxy) is 1. The lowest BCUT2D eigenvalue weighted by Crippen LogP contribution is -2.30. The highest BCUT2D eigenvalue weighted by Crippen LogP contribution is 2.18. The van der Waals surface area contributed by atoms with Gasteiger partial charge in [0.2, 0.25) is 5.43 Å². The van der Waals surface area contributed by atoms with E-state index in [0.717, 1.165) is 23.4 Å². The third-order valence-corrected chi connectivity index (χ3v) is 4.74. The van der Waals surface area contributed by atoms with Crippen molar-refractivity contribution in [3.8, 4) is 17.6 Å². The zero-order valence-corrected chi connectivity index (χ0v) is 17.8. The second kappa shape index (κ2) is 10.3. The Bertz CT molecular complexity index is 1230. The quantitative estimate of drug-likeness (QED) is 0.475. The molecule has 0 atom stereocenters. The Morgan fingerprint density at radius 3 is 2.84 bits per heavy atom. The zero-order chi connectivity index (χ0) is 22.2. The smallest absolute Gasteiger partial charge is 0.257 e. The van der Waals surface area contributed by atoms with Crippen LogP contribution in [0, 0.1) is 18.8 Å². The van der Waals surface area contributed by atoms with Crippen LogP contribution in [0.25, 0.3) is 11.0 Å². The average molecular weight is 415 g/mol. The van der Waals surface area contributed by atoms with E-state index < -0.39 is 5.91 Å². The number of nitrogens with one attached hydrogen (secondary N) is 1. The molecule has 0 radical (unpaired) electrons. The van der Waals surface area contributed by atoms with Crippen LogP contribution >= 0.6 is 0 Å². The molecular weight excluding hydrogens is 390 g/mol. The Morgan fingerprint density at radius 2 is 2.06 bits per heavy atom. The minimum absolute atomic E-state index is 0.0800. The van der Waals surface area contributed by atoms with Crippen LogP contribution in [-0.4, -0.2) is 28.6 Å². The molecule has 3 aromatic rings. The fraction of sp³-hybridized carbons (Fsp3) is 0.240. The van der Waals surface area contributed by atoms with Gasteiger partial charge in [0.15, 0.2) is 0 Å². The van der Waals surface area contributed by atoms with Gasteiger partial charge in [-0.3, -0.25) is 9.59 Å². The third-order valence-electron chi connectivity index (χ3n) is 4.74. The molecule has 1 N–H and O–H groups in total. The maximum absolute atomic E-state index is 12.7. The van der Waals surface area contributed by atoms with Crippen molar-refractivity contribution in [3.05, 3.63) is 82.3 Å². The molecule has 1 amide bonds. The van der Waals surface area contributed by atoms with Crippen LogP contribution in [-0.2, 0) is 13.0 Å². The van der Waals surface area contributed by atoms with Crippen molar-refractivity contribution < 1.29 is 9.53 Å². The Balaban J connectivity index is 1.64. The maximum Gasteiger partial charge on any atom is 0.257 e. The molecule has 6 heteroatoms. The first-order valence-electron chi connectivity index (χ1n) is 10.1. The topological polar surface area (TPSA) is 73.2 Å². The van der Waals surface area contributed by atoms with Crippen molar-refractivity contribution >= 4 is 16.9 Å². The predicted octanol–water partition coefficient (Wildman–Crippen LogP) is 3.27. The molecule has 2 heterocycles. The molecule has 158 valence electrons. The van der Waals surface area contributed by atoms with E-state index in [2.05, 4.69) is 28.7 Å². The highest BCUT2D eigenvalue weighted by molar-refractivity contribution is 5.97. The number of pyridine rings is 2. The van der Waals surface area contributed by atoms with Gasteiger partial charge in [0.1, 0.15) is 23.6 Å². The first kappa shape index (κ1) is 21.8. The molecule has 0 spiro atoms. The van der Waals surface area contributed by atoms with E-state index in [-0.39, 0.29) is 24.1 Å². The van der Waals surface area contributed by atoms with Gasteiger partial charge in [0, 0.05) is 18.4 Å². The van der Waals surface area contributed by atoms with Gasteiger partial charge in [0.05, 0.1) is 11.9 Å². The van der Waals surface area contributed by atoms with E-state index in [4.69, 9.17) is 4.74 Å². The lowest BCUT2D eigenvalue weighted by Gasteiger charge is -2.11. The zero-order valence-electron chi connectivity index (χ0n) is 17.8. The van der Waals surface area contributed by atoms with Gasteiger partial charge >= 0.3 is 0 Å². The second-order valence-corrected chi connectivity index (χ2v) is 6.91. The highest BCUT2D eigenvalue weighted by atomic mass is 16.5. The lowest BCUT2D eigenvalue weighted by atomic mass is 10.1. The number of benzene rings is 1. The summed E-state index contributed by atoms with van der Waals surface area (Å²) in [4.78, 5) is 29.7. The minimum Gasteiger partial charge on any atom is -0.481 e. The number of nitrogens with zero attached hydrogens (tertiary/aromatic N) is 2. The Hall–Kier alpha value is -3.85. The van der Waals surface area contributed by atoms with Crippen molar-refractivity contribution in [2.45, 2.75) is 26.8 Å². The van der Waals surface area contributed by atoms with Gasteiger partial charge < -0.3 is 14.6 Å². The van der Waals surface area contributed by atoms with Crippen LogP contribution in [0.15, 0.2) is 60.0 Å². The summed E-state index contributed by atoms with van der Waals surface area (Å²) in [5.41, 5.74) is 2.19. The summed E-state index contributed by atoms with van der Waals surface area (Å²) in [5.74, 6) is 6.04. The maximum atomic E-state index is 12.7. The molecular formula is C25H25N3O3. The molecule has 0 aliphatic rings. The van der Waals surface area contributed by atoms with Gasteiger partial charge in [-0.05, 0) is 44.0 Å². The summed E-state index contributed by atoms with van der Waals surface area (Å²) in [7, 11) is 0. The molecule has 2 aromatic heterocycles. The molecule has 0 fully saturated rings. The van der Waals surface area contributed by atoms with Crippen molar-refractivity contribution in [2.24, 2.45) is 0 Å². The highest BCUT2D eigenvalue weighted by Gasteiger charge is 2.15. The van der Waals surface area contributed by atoms with E-state index in [1.54, 1.807) is 22.9 Å². The van der Waals surface area contributed by atoms with E-state index in [1.165, 1.54) is 0 Å². The normalized spacial score (nSPS) is 10.3. The summed E-state index contributed by atoms with van der Waals surface area (Å²) in [6.07, 6.45) is 4.09. The molecule has 0 saturated carbocycles. The average Bonchev–Trinajstić information content (AvgIpc) is 2.77. The molecule has 6 nitrogen and oxygen atoms in total. The first-order valence-corrected chi connectivity index (χ1v) is 10.1. The number of aryl methyl sites for hydroxylation is 2. The van der Waals surface area contributed by atoms with Gasteiger partial charge in [0.25, 0.3) is 5.91 Å². The van der Waals surface area contributed by atoms with E-state index >= 15 is 0 Å². The number of hydrogen-bond donors (Lipinski definition) is 1. The first-order chi connectivity index (χ1) is 15.0. The number of amides is 1. The van der Waals surface area contributed by atoms with E-state index in [1.807, 2.05) is 44.2 Å². The monoisotopic (exact) mass is 415 g/mol. The van der Waals surface area contributed by atoms with E-state index in [0.29, 0.717) is 17.6 Å². The molecule has 0 unspecified atom stereocenters. The minimum atomic E-state index is -0.457. The van der Waals surface area contributed by atoms with Crippen LogP contribution in [0.4, 0.5) is 0 Å². The molecule has 3 rings (SSSR count). The summed E-state index contributed by atoms with van der Waals surface area (Å²) < 4.78 is 7.50. The van der Waals surface area contributed by atoms with Crippen molar-refractivity contribution in [1.82, 2.24) is 14.9 Å². The lowest BCUT2D eigenvalue weighted by molar-refractivity contribution is 0.0957.